The van der Waals surface area contributed by atoms with Crippen LogP contribution in [0.15, 0.2) is 36.4 Å². The minimum absolute atomic E-state index is 0.507. The Kier molecular flexibility index (Phi) is 9.73. The Morgan fingerprint density at radius 3 is 2.44 bits per heavy atom. The third kappa shape index (κ3) is 7.24. The molecule has 0 heterocycles. The quantitative estimate of drug-likeness (QED) is 0.414. The average Bonchev–Trinajstić information content (AvgIpc) is 2.31. The largest absolute Gasteiger partial charge is 0.298 e. The van der Waals surface area contributed by atoms with Crippen molar-refractivity contribution >= 4 is 17.9 Å². The SMILES string of the molecule is CC=CCCCC.O=Cc1ccccc1Cl. The van der Waals surface area contributed by atoms with E-state index in [1.807, 2.05) is 0 Å². The fourth-order valence-corrected chi connectivity index (χ4v) is 1.24. The van der Waals surface area contributed by atoms with Gasteiger partial charge in [-0.05, 0) is 19.4 Å². The van der Waals surface area contributed by atoms with Gasteiger partial charge in [-0.15, -0.1) is 0 Å². The zero-order chi connectivity index (χ0) is 12.2. The highest BCUT2D eigenvalue weighted by Crippen LogP contribution is 2.11. The lowest BCUT2D eigenvalue weighted by Gasteiger charge is -1.90. The highest BCUT2D eigenvalue weighted by atomic mass is 35.5. The van der Waals surface area contributed by atoms with Gasteiger partial charge in [0.25, 0.3) is 0 Å². The van der Waals surface area contributed by atoms with Crippen LogP contribution in [0.5, 0.6) is 0 Å². The topological polar surface area (TPSA) is 17.1 Å². The van der Waals surface area contributed by atoms with Gasteiger partial charge >= 0.3 is 0 Å². The van der Waals surface area contributed by atoms with Gasteiger partial charge in [-0.2, -0.15) is 0 Å². The standard InChI is InChI=1S/C7H5ClO.C7H14/c8-7-4-2-1-3-6(7)5-9;1-3-5-7-6-4-2/h1-5H;3,5H,4,6-7H2,1-2H3. The number of carbonyl (C=O) groups excluding carboxylic acids is 1. The van der Waals surface area contributed by atoms with Crippen LogP contribution in [0.25, 0.3) is 0 Å². The van der Waals surface area contributed by atoms with Crippen LogP contribution in [0, 0.1) is 0 Å². The van der Waals surface area contributed by atoms with E-state index in [1.165, 1.54) is 19.3 Å². The maximum absolute atomic E-state index is 10.1. The third-order valence-electron chi connectivity index (χ3n) is 1.99. The summed E-state index contributed by atoms with van der Waals surface area (Å²) in [6.45, 7) is 4.28. The Hall–Kier alpha value is -1.08. The molecule has 16 heavy (non-hydrogen) atoms. The number of unbranched alkanes of at least 4 members (excludes halogenated alkanes) is 2. The van der Waals surface area contributed by atoms with Crippen molar-refractivity contribution in [2.75, 3.05) is 0 Å². The Balaban J connectivity index is 0.000000293. The molecule has 0 fully saturated rings. The number of benzene rings is 1. The molecule has 0 saturated carbocycles. The molecule has 1 aromatic rings. The molecule has 0 spiro atoms. The molecule has 0 bridgehead atoms. The first-order valence-corrected chi connectivity index (χ1v) is 5.94. The number of aldehydes is 1. The number of carbonyl (C=O) groups is 1. The van der Waals surface area contributed by atoms with E-state index in [9.17, 15) is 4.79 Å². The van der Waals surface area contributed by atoms with Gasteiger partial charge in [-0.3, -0.25) is 4.79 Å². The Morgan fingerprint density at radius 2 is 2.00 bits per heavy atom. The fraction of sp³-hybridized carbons (Fsp3) is 0.357. The molecule has 0 radical (unpaired) electrons. The Morgan fingerprint density at radius 1 is 1.31 bits per heavy atom. The number of rotatable bonds is 4. The van der Waals surface area contributed by atoms with Crippen molar-refractivity contribution in [3.63, 3.8) is 0 Å². The van der Waals surface area contributed by atoms with Gasteiger partial charge in [-0.1, -0.05) is 61.7 Å². The van der Waals surface area contributed by atoms with Crippen molar-refractivity contribution < 1.29 is 4.79 Å². The summed E-state index contributed by atoms with van der Waals surface area (Å²) in [5.74, 6) is 0. The second-order valence-electron chi connectivity index (χ2n) is 3.35. The van der Waals surface area contributed by atoms with Crippen LogP contribution in [0.2, 0.25) is 5.02 Å². The van der Waals surface area contributed by atoms with Gasteiger partial charge in [0.15, 0.2) is 6.29 Å². The van der Waals surface area contributed by atoms with E-state index in [-0.39, 0.29) is 0 Å². The summed E-state index contributed by atoms with van der Waals surface area (Å²) in [6.07, 6.45) is 8.96. The molecule has 2 heteroatoms. The highest BCUT2D eigenvalue weighted by molar-refractivity contribution is 6.32. The molecule has 0 aliphatic heterocycles. The number of allylic oxidation sites excluding steroid dienone is 2. The normalized spacial score (nSPS) is 9.69. The molecule has 0 amide bonds. The minimum Gasteiger partial charge on any atom is -0.298 e. The van der Waals surface area contributed by atoms with E-state index in [0.717, 1.165) is 6.29 Å². The smallest absolute Gasteiger partial charge is 0.151 e. The van der Waals surface area contributed by atoms with Crippen molar-refractivity contribution in [2.45, 2.75) is 33.1 Å². The second kappa shape index (κ2) is 10.4. The maximum Gasteiger partial charge on any atom is 0.151 e. The summed E-state index contributed by atoms with van der Waals surface area (Å²) in [4.78, 5) is 10.1. The van der Waals surface area contributed by atoms with Gasteiger partial charge in [0.1, 0.15) is 0 Å². The predicted octanol–water partition coefficient (Wildman–Crippen LogP) is 4.91. The van der Waals surface area contributed by atoms with E-state index >= 15 is 0 Å². The van der Waals surface area contributed by atoms with Crippen molar-refractivity contribution in [1.82, 2.24) is 0 Å². The van der Waals surface area contributed by atoms with Crippen molar-refractivity contribution in [2.24, 2.45) is 0 Å². The van der Waals surface area contributed by atoms with Crippen LogP contribution < -0.4 is 0 Å². The number of hydrogen-bond donors (Lipinski definition) is 0. The molecule has 0 atom stereocenters. The first kappa shape index (κ1) is 14.9. The van der Waals surface area contributed by atoms with Crippen molar-refractivity contribution in [1.29, 1.82) is 0 Å². The number of halogens is 1. The molecular weight excluding hydrogens is 220 g/mol. The maximum atomic E-state index is 10.1. The molecule has 1 rings (SSSR count). The number of hydrogen-bond acceptors (Lipinski definition) is 1. The fourth-order valence-electron chi connectivity index (χ4n) is 1.06. The lowest BCUT2D eigenvalue weighted by molar-refractivity contribution is 0.112. The van der Waals surface area contributed by atoms with Gasteiger partial charge in [-0.25, -0.2) is 0 Å². The van der Waals surface area contributed by atoms with Crippen molar-refractivity contribution in [3.05, 3.63) is 47.0 Å². The zero-order valence-electron chi connectivity index (χ0n) is 9.95. The second-order valence-corrected chi connectivity index (χ2v) is 3.76. The predicted molar refractivity (Wildman–Crippen MR) is 71.2 cm³/mol. The molecule has 88 valence electrons. The molecule has 0 aliphatic carbocycles. The van der Waals surface area contributed by atoms with Crippen LogP contribution in [0.1, 0.15) is 43.5 Å². The molecule has 0 unspecified atom stereocenters. The molecule has 0 aliphatic rings. The van der Waals surface area contributed by atoms with E-state index in [0.29, 0.717) is 10.6 Å². The molecule has 0 aromatic heterocycles. The summed E-state index contributed by atoms with van der Waals surface area (Å²) < 4.78 is 0. The Labute approximate surface area is 103 Å². The minimum atomic E-state index is 0.507. The zero-order valence-corrected chi connectivity index (χ0v) is 10.7. The van der Waals surface area contributed by atoms with Crippen LogP contribution in [-0.2, 0) is 0 Å². The summed E-state index contributed by atoms with van der Waals surface area (Å²) in [6, 6.07) is 6.92. The van der Waals surface area contributed by atoms with Crippen LogP contribution in [-0.4, -0.2) is 6.29 Å². The van der Waals surface area contributed by atoms with Crippen LogP contribution in [0.4, 0.5) is 0 Å². The lowest BCUT2D eigenvalue weighted by atomic mass is 10.2. The summed E-state index contributed by atoms with van der Waals surface area (Å²) in [7, 11) is 0. The Bertz CT molecular complexity index is 318. The van der Waals surface area contributed by atoms with Gasteiger partial charge < -0.3 is 0 Å². The molecule has 0 saturated heterocycles. The van der Waals surface area contributed by atoms with E-state index < -0.39 is 0 Å². The van der Waals surface area contributed by atoms with Crippen LogP contribution in [0.3, 0.4) is 0 Å². The van der Waals surface area contributed by atoms with Gasteiger partial charge in [0.2, 0.25) is 0 Å². The molecular formula is C14H19ClO. The molecule has 1 nitrogen and oxygen atoms in total. The highest BCUT2D eigenvalue weighted by Gasteiger charge is 1.92. The molecule has 1 aromatic carbocycles. The summed E-state index contributed by atoms with van der Waals surface area (Å²) in [5, 5.41) is 0.507. The van der Waals surface area contributed by atoms with Crippen LogP contribution >= 0.6 is 11.6 Å². The summed E-state index contributed by atoms with van der Waals surface area (Å²) >= 11 is 5.59. The average molecular weight is 239 g/mol. The van der Waals surface area contributed by atoms with E-state index in [1.54, 1.807) is 24.3 Å². The summed E-state index contributed by atoms with van der Waals surface area (Å²) in [5.41, 5.74) is 0.541. The van der Waals surface area contributed by atoms with E-state index in [4.69, 9.17) is 11.6 Å². The first-order valence-electron chi connectivity index (χ1n) is 5.57. The lowest BCUT2D eigenvalue weighted by Crippen LogP contribution is -1.77. The third-order valence-corrected chi connectivity index (χ3v) is 2.34. The monoisotopic (exact) mass is 238 g/mol. The molecule has 0 N–H and O–H groups in total. The van der Waals surface area contributed by atoms with Gasteiger partial charge in [0, 0.05) is 5.56 Å². The van der Waals surface area contributed by atoms with Gasteiger partial charge in [0.05, 0.1) is 5.02 Å². The van der Waals surface area contributed by atoms with E-state index in [2.05, 4.69) is 26.0 Å². The van der Waals surface area contributed by atoms with Crippen molar-refractivity contribution in [3.8, 4) is 0 Å². The first-order chi connectivity index (χ1) is 7.76.